The predicted octanol–water partition coefficient (Wildman–Crippen LogP) is 1.75. The average Bonchev–Trinajstić information content (AvgIpc) is 2.42. The molecule has 0 N–H and O–H groups in total. The van der Waals surface area contributed by atoms with Gasteiger partial charge in [-0.1, -0.05) is 30.3 Å². The van der Waals surface area contributed by atoms with Gasteiger partial charge in [0.1, 0.15) is 5.92 Å². The highest BCUT2D eigenvalue weighted by molar-refractivity contribution is 6.08. The first-order valence-corrected chi connectivity index (χ1v) is 5.32. The normalized spacial score (nSPS) is 23.2. The Bertz CT molecular complexity index is 420. The van der Waals surface area contributed by atoms with E-state index < -0.39 is 17.5 Å². The molecule has 3 nitrogen and oxygen atoms in total. The number of esters is 1. The van der Waals surface area contributed by atoms with Crippen LogP contribution in [-0.4, -0.2) is 17.4 Å². The van der Waals surface area contributed by atoms with Crippen LogP contribution in [0.2, 0.25) is 0 Å². The monoisotopic (exact) mass is 218 g/mol. The van der Waals surface area contributed by atoms with Crippen LogP contribution in [0, 0.1) is 5.92 Å². The SMILES string of the molecule is CC1(C)OC(=O)C(Cc2ccccc2)C1=O. The molecular formula is C13H14O3. The van der Waals surface area contributed by atoms with Crippen molar-refractivity contribution in [2.45, 2.75) is 25.9 Å². The number of hydrogen-bond acceptors (Lipinski definition) is 3. The minimum Gasteiger partial charge on any atom is -0.451 e. The molecule has 1 aromatic rings. The maximum absolute atomic E-state index is 11.9. The summed E-state index contributed by atoms with van der Waals surface area (Å²) in [5, 5.41) is 0. The van der Waals surface area contributed by atoms with E-state index in [1.165, 1.54) is 0 Å². The van der Waals surface area contributed by atoms with Crippen molar-refractivity contribution in [1.29, 1.82) is 0 Å². The van der Waals surface area contributed by atoms with Crippen LogP contribution in [0.3, 0.4) is 0 Å². The fraction of sp³-hybridized carbons (Fsp3) is 0.385. The van der Waals surface area contributed by atoms with Crippen molar-refractivity contribution < 1.29 is 14.3 Å². The molecule has 0 saturated carbocycles. The first-order chi connectivity index (χ1) is 7.50. The van der Waals surface area contributed by atoms with Crippen LogP contribution < -0.4 is 0 Å². The van der Waals surface area contributed by atoms with Gasteiger partial charge < -0.3 is 4.74 Å². The van der Waals surface area contributed by atoms with Gasteiger partial charge in [0.25, 0.3) is 0 Å². The number of ether oxygens (including phenoxy) is 1. The number of ketones is 1. The van der Waals surface area contributed by atoms with E-state index in [2.05, 4.69) is 0 Å². The van der Waals surface area contributed by atoms with Crippen LogP contribution >= 0.6 is 0 Å². The Labute approximate surface area is 94.4 Å². The van der Waals surface area contributed by atoms with Gasteiger partial charge in [-0.05, 0) is 25.8 Å². The quantitative estimate of drug-likeness (QED) is 0.561. The smallest absolute Gasteiger partial charge is 0.317 e. The largest absolute Gasteiger partial charge is 0.451 e. The Kier molecular flexibility index (Phi) is 2.54. The number of cyclic esters (lactones) is 1. The van der Waals surface area contributed by atoms with Crippen LogP contribution in [0.1, 0.15) is 19.4 Å². The molecule has 0 radical (unpaired) electrons. The van der Waals surface area contributed by atoms with E-state index >= 15 is 0 Å². The molecule has 0 spiro atoms. The topological polar surface area (TPSA) is 43.4 Å². The van der Waals surface area contributed by atoms with E-state index in [9.17, 15) is 9.59 Å². The van der Waals surface area contributed by atoms with Crippen LogP contribution in [-0.2, 0) is 20.7 Å². The van der Waals surface area contributed by atoms with E-state index in [-0.39, 0.29) is 5.78 Å². The third kappa shape index (κ3) is 1.85. The lowest BCUT2D eigenvalue weighted by Crippen LogP contribution is -2.30. The van der Waals surface area contributed by atoms with Crippen molar-refractivity contribution >= 4 is 11.8 Å². The van der Waals surface area contributed by atoms with Crippen LogP contribution in [0.4, 0.5) is 0 Å². The highest BCUT2D eigenvalue weighted by Crippen LogP contribution is 2.29. The molecule has 1 aliphatic rings. The highest BCUT2D eigenvalue weighted by Gasteiger charge is 2.48. The molecule has 0 bridgehead atoms. The molecule has 1 unspecified atom stereocenters. The van der Waals surface area contributed by atoms with E-state index in [0.717, 1.165) is 5.56 Å². The number of hydrogen-bond donors (Lipinski definition) is 0. The van der Waals surface area contributed by atoms with Crippen molar-refractivity contribution in [2.24, 2.45) is 5.92 Å². The predicted molar refractivity (Wildman–Crippen MR) is 58.8 cm³/mol. The first-order valence-electron chi connectivity index (χ1n) is 5.32. The molecule has 1 atom stereocenters. The molecule has 84 valence electrons. The lowest BCUT2D eigenvalue weighted by Gasteiger charge is -2.13. The fourth-order valence-electron chi connectivity index (χ4n) is 1.93. The van der Waals surface area contributed by atoms with E-state index in [1.54, 1.807) is 13.8 Å². The Morgan fingerprint density at radius 2 is 1.81 bits per heavy atom. The molecule has 1 heterocycles. The summed E-state index contributed by atoms with van der Waals surface area (Å²) < 4.78 is 5.06. The van der Waals surface area contributed by atoms with Gasteiger partial charge in [0.05, 0.1) is 0 Å². The molecule has 1 fully saturated rings. The zero-order chi connectivity index (χ0) is 11.8. The summed E-state index contributed by atoms with van der Waals surface area (Å²) in [7, 11) is 0. The van der Waals surface area contributed by atoms with Crippen molar-refractivity contribution in [3.8, 4) is 0 Å². The van der Waals surface area contributed by atoms with Gasteiger partial charge in [-0.2, -0.15) is 0 Å². The number of benzene rings is 1. The standard InChI is InChI=1S/C13H14O3/c1-13(2)11(14)10(12(15)16-13)8-9-6-4-3-5-7-9/h3-7,10H,8H2,1-2H3. The van der Waals surface area contributed by atoms with Gasteiger partial charge >= 0.3 is 5.97 Å². The van der Waals surface area contributed by atoms with Crippen molar-refractivity contribution in [1.82, 2.24) is 0 Å². The summed E-state index contributed by atoms with van der Waals surface area (Å²) in [5.41, 5.74) is 0.0202. The highest BCUT2D eigenvalue weighted by atomic mass is 16.6. The summed E-state index contributed by atoms with van der Waals surface area (Å²) in [5.74, 6) is -1.17. The third-order valence-corrected chi connectivity index (χ3v) is 2.83. The van der Waals surface area contributed by atoms with Gasteiger partial charge in [-0.3, -0.25) is 9.59 Å². The second kappa shape index (κ2) is 3.74. The number of Topliss-reactive ketones (excluding diaryl/α,β-unsaturated/α-hetero) is 1. The molecule has 0 aromatic heterocycles. The lowest BCUT2D eigenvalue weighted by atomic mass is 9.90. The zero-order valence-corrected chi connectivity index (χ0v) is 9.40. The molecule has 3 heteroatoms. The number of rotatable bonds is 2. The maximum atomic E-state index is 11.9. The Hall–Kier alpha value is -1.64. The summed E-state index contributed by atoms with van der Waals surface area (Å²) in [6.07, 6.45) is 0.432. The van der Waals surface area contributed by atoms with Gasteiger partial charge in [-0.15, -0.1) is 0 Å². The second-order valence-corrected chi connectivity index (χ2v) is 4.54. The van der Waals surface area contributed by atoms with Gasteiger partial charge in [-0.25, -0.2) is 0 Å². The molecular weight excluding hydrogens is 204 g/mol. The molecule has 16 heavy (non-hydrogen) atoms. The Morgan fingerprint density at radius 1 is 1.19 bits per heavy atom. The molecule has 0 amide bonds. The molecule has 1 aromatic carbocycles. The second-order valence-electron chi connectivity index (χ2n) is 4.54. The van der Waals surface area contributed by atoms with Gasteiger partial charge in [0.15, 0.2) is 11.4 Å². The summed E-state index contributed by atoms with van der Waals surface area (Å²) in [6, 6.07) is 9.51. The minimum absolute atomic E-state index is 0.124. The molecule has 2 rings (SSSR count). The zero-order valence-electron chi connectivity index (χ0n) is 9.40. The van der Waals surface area contributed by atoms with Crippen LogP contribution in [0.25, 0.3) is 0 Å². The fourth-order valence-corrected chi connectivity index (χ4v) is 1.93. The van der Waals surface area contributed by atoms with Crippen molar-refractivity contribution in [3.05, 3.63) is 35.9 Å². The summed E-state index contributed by atoms with van der Waals surface area (Å²) in [6.45, 7) is 3.27. The average molecular weight is 218 g/mol. The van der Waals surface area contributed by atoms with Crippen LogP contribution in [0.5, 0.6) is 0 Å². The lowest BCUT2D eigenvalue weighted by molar-refractivity contribution is -0.149. The van der Waals surface area contributed by atoms with Crippen molar-refractivity contribution in [2.75, 3.05) is 0 Å². The first kappa shape index (κ1) is 10.9. The van der Waals surface area contributed by atoms with Gasteiger partial charge in [0.2, 0.25) is 0 Å². The van der Waals surface area contributed by atoms with E-state index in [4.69, 9.17) is 4.74 Å². The summed E-state index contributed by atoms with van der Waals surface area (Å²) >= 11 is 0. The minimum atomic E-state index is -0.962. The number of carbonyl (C=O) groups excluding carboxylic acids is 2. The third-order valence-electron chi connectivity index (χ3n) is 2.83. The summed E-state index contributed by atoms with van der Waals surface area (Å²) in [4.78, 5) is 23.5. The Balaban J connectivity index is 2.18. The maximum Gasteiger partial charge on any atom is 0.317 e. The van der Waals surface area contributed by atoms with Crippen molar-refractivity contribution in [3.63, 3.8) is 0 Å². The molecule has 1 aliphatic heterocycles. The van der Waals surface area contributed by atoms with E-state index in [0.29, 0.717) is 6.42 Å². The van der Waals surface area contributed by atoms with Gasteiger partial charge in [0, 0.05) is 0 Å². The number of carbonyl (C=O) groups is 2. The Morgan fingerprint density at radius 3 is 2.31 bits per heavy atom. The molecule has 0 aliphatic carbocycles. The van der Waals surface area contributed by atoms with E-state index in [1.807, 2.05) is 30.3 Å². The molecule has 1 saturated heterocycles. The van der Waals surface area contributed by atoms with Crippen LogP contribution in [0.15, 0.2) is 30.3 Å².